The number of carbonyl (C=O) groups is 2. The summed E-state index contributed by atoms with van der Waals surface area (Å²) < 4.78 is 15.8. The minimum atomic E-state index is -1.03. The van der Waals surface area contributed by atoms with Crippen molar-refractivity contribution in [3.63, 3.8) is 0 Å². The van der Waals surface area contributed by atoms with Crippen molar-refractivity contribution in [1.82, 2.24) is 5.32 Å². The van der Waals surface area contributed by atoms with Crippen LogP contribution in [-0.2, 0) is 19.0 Å². The van der Waals surface area contributed by atoms with Crippen LogP contribution in [0.5, 0.6) is 0 Å². The third kappa shape index (κ3) is 15.6. The maximum Gasteiger partial charge on any atom is 0.407 e. The van der Waals surface area contributed by atoms with Gasteiger partial charge in [-0.1, -0.05) is 13.3 Å². The number of carboxylic acid groups (broad SMARTS) is 1. The molecule has 0 aliphatic heterocycles. The second-order valence-corrected chi connectivity index (χ2v) is 6.71. The average Bonchev–Trinajstić information content (AvgIpc) is 2.43. The normalized spacial score (nSPS) is 12.7. The maximum absolute atomic E-state index is 11.8. The highest BCUT2D eigenvalue weighted by atomic mass is 16.6. The molecule has 0 radical (unpaired) electrons. The first-order chi connectivity index (χ1) is 11.2. The molecule has 0 saturated heterocycles. The molecule has 1 atom stereocenters. The van der Waals surface area contributed by atoms with Crippen LogP contribution in [0.25, 0.3) is 0 Å². The van der Waals surface area contributed by atoms with E-state index in [-0.39, 0.29) is 19.3 Å². The van der Waals surface area contributed by atoms with Crippen LogP contribution in [0.4, 0.5) is 4.79 Å². The van der Waals surface area contributed by atoms with Gasteiger partial charge < -0.3 is 24.6 Å². The summed E-state index contributed by atoms with van der Waals surface area (Å²) in [5.74, 6) is -1.03. The lowest BCUT2D eigenvalue weighted by molar-refractivity contribution is -0.142. The van der Waals surface area contributed by atoms with E-state index in [0.29, 0.717) is 13.0 Å². The average molecular weight is 347 g/mol. The molecule has 0 unspecified atom stereocenters. The maximum atomic E-state index is 11.8. The van der Waals surface area contributed by atoms with Crippen LogP contribution in [-0.4, -0.2) is 55.2 Å². The molecule has 0 saturated carbocycles. The Balaban J connectivity index is 4.12. The molecule has 0 bridgehead atoms. The minimum Gasteiger partial charge on any atom is -0.480 e. The van der Waals surface area contributed by atoms with Crippen molar-refractivity contribution in [2.45, 2.75) is 71.4 Å². The Bertz CT molecular complexity index is 353. The molecule has 0 fully saturated rings. The van der Waals surface area contributed by atoms with Crippen molar-refractivity contribution >= 4 is 12.1 Å². The van der Waals surface area contributed by atoms with Crippen molar-refractivity contribution < 1.29 is 28.9 Å². The number of carboxylic acids is 1. The number of hydrogen-bond acceptors (Lipinski definition) is 5. The van der Waals surface area contributed by atoms with Crippen LogP contribution < -0.4 is 5.32 Å². The van der Waals surface area contributed by atoms with Gasteiger partial charge >= 0.3 is 12.1 Å². The molecule has 0 aromatic carbocycles. The van der Waals surface area contributed by atoms with Crippen LogP contribution in [0.1, 0.15) is 59.8 Å². The Morgan fingerprint density at radius 2 is 1.75 bits per heavy atom. The van der Waals surface area contributed by atoms with Gasteiger partial charge in [0.2, 0.25) is 0 Å². The van der Waals surface area contributed by atoms with Gasteiger partial charge in [0.15, 0.2) is 0 Å². The summed E-state index contributed by atoms with van der Waals surface area (Å²) in [4.78, 5) is 22.4. The Hall–Kier alpha value is -1.34. The third-order valence-electron chi connectivity index (χ3n) is 3.00. The summed E-state index contributed by atoms with van der Waals surface area (Å²) in [6.45, 7) is 8.71. The van der Waals surface area contributed by atoms with E-state index in [2.05, 4.69) is 12.2 Å². The zero-order valence-corrected chi connectivity index (χ0v) is 15.4. The summed E-state index contributed by atoms with van der Waals surface area (Å²) in [5, 5.41) is 11.4. The van der Waals surface area contributed by atoms with E-state index in [9.17, 15) is 9.59 Å². The smallest absolute Gasteiger partial charge is 0.407 e. The molecule has 24 heavy (non-hydrogen) atoms. The molecule has 1 amide bonds. The van der Waals surface area contributed by atoms with E-state index in [4.69, 9.17) is 19.3 Å². The molecule has 0 aromatic rings. The van der Waals surface area contributed by atoms with E-state index in [1.807, 2.05) is 0 Å². The standard InChI is InChI=1S/C17H33NO6/c1-5-6-10-22-11-8-7-9-14(12-23-13-15(19)20)18-16(21)24-17(2,3)4/h14H,5-13H2,1-4H3,(H,18,21)(H,19,20)/t14-/m0/s1. The monoisotopic (exact) mass is 347 g/mol. The Labute approximate surface area is 145 Å². The molecular formula is C17H33NO6. The summed E-state index contributed by atoms with van der Waals surface area (Å²) in [6, 6.07) is -0.283. The van der Waals surface area contributed by atoms with Crippen molar-refractivity contribution in [1.29, 1.82) is 0 Å². The highest BCUT2D eigenvalue weighted by Crippen LogP contribution is 2.08. The van der Waals surface area contributed by atoms with Crippen molar-refractivity contribution in [2.24, 2.45) is 0 Å². The van der Waals surface area contributed by atoms with Crippen LogP contribution in [0.2, 0.25) is 0 Å². The lowest BCUT2D eigenvalue weighted by atomic mass is 10.1. The predicted octanol–water partition coefficient (Wildman–Crippen LogP) is 2.97. The first-order valence-electron chi connectivity index (χ1n) is 8.61. The van der Waals surface area contributed by atoms with E-state index in [1.54, 1.807) is 20.8 Å². The predicted molar refractivity (Wildman–Crippen MR) is 91.2 cm³/mol. The summed E-state index contributed by atoms with van der Waals surface area (Å²) in [7, 11) is 0. The zero-order chi connectivity index (χ0) is 18.4. The van der Waals surface area contributed by atoms with Gasteiger partial charge in [-0.15, -0.1) is 0 Å². The fraction of sp³-hybridized carbons (Fsp3) is 0.882. The fourth-order valence-electron chi connectivity index (χ4n) is 1.90. The number of ether oxygens (including phenoxy) is 3. The number of amides is 1. The lowest BCUT2D eigenvalue weighted by Crippen LogP contribution is -2.41. The van der Waals surface area contributed by atoms with Gasteiger partial charge in [0.05, 0.1) is 12.6 Å². The molecule has 0 spiro atoms. The zero-order valence-electron chi connectivity index (χ0n) is 15.4. The van der Waals surface area contributed by atoms with Crippen LogP contribution in [0, 0.1) is 0 Å². The van der Waals surface area contributed by atoms with Gasteiger partial charge in [0.1, 0.15) is 12.2 Å². The van der Waals surface area contributed by atoms with Crippen LogP contribution in [0.15, 0.2) is 0 Å². The van der Waals surface area contributed by atoms with Gasteiger partial charge in [-0.05, 0) is 46.5 Å². The topological polar surface area (TPSA) is 94.1 Å². The van der Waals surface area contributed by atoms with Crippen LogP contribution in [0.3, 0.4) is 0 Å². The number of carbonyl (C=O) groups excluding carboxylic acids is 1. The summed E-state index contributed by atoms with van der Waals surface area (Å²) in [6.07, 6.45) is 4.06. The molecule has 7 heteroatoms. The second kappa shape index (κ2) is 13.0. The van der Waals surface area contributed by atoms with E-state index >= 15 is 0 Å². The lowest BCUT2D eigenvalue weighted by Gasteiger charge is -2.23. The number of rotatable bonds is 13. The highest BCUT2D eigenvalue weighted by Gasteiger charge is 2.19. The van der Waals surface area contributed by atoms with Crippen molar-refractivity contribution in [3.8, 4) is 0 Å². The Morgan fingerprint density at radius 3 is 2.33 bits per heavy atom. The molecular weight excluding hydrogens is 314 g/mol. The van der Waals surface area contributed by atoms with E-state index in [1.165, 1.54) is 0 Å². The first kappa shape index (κ1) is 22.7. The molecule has 0 aliphatic carbocycles. The molecule has 0 aliphatic rings. The third-order valence-corrected chi connectivity index (χ3v) is 3.00. The van der Waals surface area contributed by atoms with Gasteiger partial charge in [-0.25, -0.2) is 9.59 Å². The number of nitrogens with one attached hydrogen (secondary N) is 1. The molecule has 0 aromatic heterocycles. The van der Waals surface area contributed by atoms with Crippen LogP contribution >= 0.6 is 0 Å². The first-order valence-corrected chi connectivity index (χ1v) is 8.61. The highest BCUT2D eigenvalue weighted by molar-refractivity contribution is 5.68. The number of hydrogen-bond donors (Lipinski definition) is 2. The Kier molecular flexibility index (Phi) is 12.3. The molecule has 7 nitrogen and oxygen atoms in total. The van der Waals surface area contributed by atoms with E-state index < -0.39 is 17.7 Å². The van der Waals surface area contributed by atoms with Crippen molar-refractivity contribution in [2.75, 3.05) is 26.4 Å². The van der Waals surface area contributed by atoms with Crippen molar-refractivity contribution in [3.05, 3.63) is 0 Å². The molecule has 2 N–H and O–H groups in total. The van der Waals surface area contributed by atoms with Gasteiger partial charge in [-0.3, -0.25) is 0 Å². The quantitative estimate of drug-likeness (QED) is 0.498. The van der Waals surface area contributed by atoms with Gasteiger partial charge in [0, 0.05) is 13.2 Å². The minimum absolute atomic E-state index is 0.141. The SMILES string of the molecule is CCCCOCCCC[C@@H](COCC(=O)O)NC(=O)OC(C)(C)C. The molecule has 142 valence electrons. The second-order valence-electron chi connectivity index (χ2n) is 6.71. The summed E-state index contributed by atoms with van der Waals surface area (Å²) in [5.41, 5.74) is -0.580. The number of unbranched alkanes of at least 4 members (excludes halogenated alkanes) is 2. The number of alkyl carbamates (subject to hydrolysis) is 1. The fourth-order valence-corrected chi connectivity index (χ4v) is 1.90. The molecule has 0 rings (SSSR count). The summed E-state index contributed by atoms with van der Waals surface area (Å²) >= 11 is 0. The number of aliphatic carboxylic acids is 1. The Morgan fingerprint density at radius 1 is 1.08 bits per heavy atom. The largest absolute Gasteiger partial charge is 0.480 e. The van der Waals surface area contributed by atoms with E-state index in [0.717, 1.165) is 32.3 Å². The van der Waals surface area contributed by atoms with Gasteiger partial charge in [0.25, 0.3) is 0 Å². The van der Waals surface area contributed by atoms with Gasteiger partial charge in [-0.2, -0.15) is 0 Å². The molecule has 0 heterocycles.